The summed E-state index contributed by atoms with van der Waals surface area (Å²) < 4.78 is 6.61. The average molecular weight is 357 g/mol. The highest BCUT2D eigenvalue weighted by molar-refractivity contribution is 9.10. The molecule has 0 aliphatic rings. The summed E-state index contributed by atoms with van der Waals surface area (Å²) in [4.78, 5) is 4.04. The van der Waals surface area contributed by atoms with Crippen molar-refractivity contribution in [1.29, 1.82) is 0 Å². The second-order valence-corrected chi connectivity index (χ2v) is 5.21. The molecule has 3 N–H and O–H groups in total. The number of aryl methyl sites for hydroxylation is 1. The van der Waals surface area contributed by atoms with Crippen LogP contribution in [0, 0.1) is 6.92 Å². The van der Waals surface area contributed by atoms with E-state index in [2.05, 4.69) is 26.1 Å². The van der Waals surface area contributed by atoms with Crippen molar-refractivity contribution >= 4 is 33.4 Å². The van der Waals surface area contributed by atoms with Crippen LogP contribution in [-0.4, -0.2) is 16.0 Å². The van der Waals surface area contributed by atoms with E-state index in [1.54, 1.807) is 6.07 Å². The SMILES string of the molecule is Cc1cc(Oc2nccc(/C(N)=N/O)c2Cl)ccc1Br. The molecule has 0 aliphatic heterocycles. The van der Waals surface area contributed by atoms with Crippen LogP contribution < -0.4 is 10.5 Å². The minimum absolute atomic E-state index is 0.103. The largest absolute Gasteiger partial charge is 0.438 e. The Labute approximate surface area is 129 Å². The number of nitrogens with two attached hydrogens (primary N) is 1. The number of benzene rings is 1. The van der Waals surface area contributed by atoms with Gasteiger partial charge in [0.05, 0.1) is 0 Å². The number of amidine groups is 1. The molecule has 0 spiro atoms. The second-order valence-electron chi connectivity index (χ2n) is 3.98. The van der Waals surface area contributed by atoms with Crippen LogP contribution in [-0.2, 0) is 0 Å². The fourth-order valence-electron chi connectivity index (χ4n) is 1.54. The monoisotopic (exact) mass is 355 g/mol. The first-order valence-corrected chi connectivity index (χ1v) is 6.76. The molecule has 0 atom stereocenters. The summed E-state index contributed by atoms with van der Waals surface area (Å²) >= 11 is 9.55. The van der Waals surface area contributed by atoms with Crippen LogP contribution in [0.15, 0.2) is 40.1 Å². The van der Waals surface area contributed by atoms with Gasteiger partial charge < -0.3 is 15.7 Å². The van der Waals surface area contributed by atoms with Crippen molar-refractivity contribution in [3.05, 3.63) is 51.1 Å². The molecule has 7 heteroatoms. The summed E-state index contributed by atoms with van der Waals surface area (Å²) in [5.74, 6) is 0.684. The lowest BCUT2D eigenvalue weighted by atomic mass is 10.2. The normalized spacial score (nSPS) is 11.4. The van der Waals surface area contributed by atoms with Crippen molar-refractivity contribution in [3.8, 4) is 11.6 Å². The molecule has 2 rings (SSSR count). The molecule has 1 aromatic heterocycles. The molecule has 0 unspecified atom stereocenters. The van der Waals surface area contributed by atoms with Crippen LogP contribution in [0.3, 0.4) is 0 Å². The number of hydrogen-bond donors (Lipinski definition) is 2. The summed E-state index contributed by atoms with van der Waals surface area (Å²) in [6, 6.07) is 7.03. The van der Waals surface area contributed by atoms with Crippen LogP contribution >= 0.6 is 27.5 Å². The molecule has 104 valence electrons. The molecular formula is C13H11BrClN3O2. The molecule has 0 amide bonds. The summed E-state index contributed by atoms with van der Waals surface area (Å²) in [7, 11) is 0. The van der Waals surface area contributed by atoms with Gasteiger partial charge in [-0.15, -0.1) is 0 Å². The number of aromatic nitrogens is 1. The van der Waals surface area contributed by atoms with Gasteiger partial charge in [-0.25, -0.2) is 4.98 Å². The smallest absolute Gasteiger partial charge is 0.238 e. The van der Waals surface area contributed by atoms with Gasteiger partial charge in [0.25, 0.3) is 0 Å². The predicted molar refractivity (Wildman–Crippen MR) is 80.7 cm³/mol. The third-order valence-corrected chi connectivity index (χ3v) is 3.84. The Morgan fingerprint density at radius 3 is 2.85 bits per heavy atom. The Kier molecular flexibility index (Phi) is 4.46. The van der Waals surface area contributed by atoms with Gasteiger partial charge in [-0.2, -0.15) is 0 Å². The fourth-order valence-corrected chi connectivity index (χ4v) is 2.03. The first kappa shape index (κ1) is 14.6. The number of hydrogen-bond acceptors (Lipinski definition) is 4. The number of nitrogens with zero attached hydrogens (tertiary/aromatic N) is 2. The van der Waals surface area contributed by atoms with E-state index in [1.165, 1.54) is 12.3 Å². The maximum Gasteiger partial charge on any atom is 0.238 e. The van der Waals surface area contributed by atoms with Gasteiger partial charge in [-0.3, -0.25) is 0 Å². The van der Waals surface area contributed by atoms with Crippen LogP contribution in [0.4, 0.5) is 0 Å². The van der Waals surface area contributed by atoms with E-state index in [0.29, 0.717) is 11.3 Å². The molecule has 5 nitrogen and oxygen atoms in total. The summed E-state index contributed by atoms with van der Waals surface area (Å²) in [6.45, 7) is 1.94. The molecule has 0 bridgehead atoms. The predicted octanol–water partition coefficient (Wildman–Crippen LogP) is 3.69. The summed E-state index contributed by atoms with van der Waals surface area (Å²) in [5.41, 5.74) is 6.90. The van der Waals surface area contributed by atoms with Gasteiger partial charge in [-0.05, 0) is 36.8 Å². The highest BCUT2D eigenvalue weighted by Crippen LogP contribution is 2.31. The quantitative estimate of drug-likeness (QED) is 0.380. The van der Waals surface area contributed by atoms with E-state index < -0.39 is 0 Å². The van der Waals surface area contributed by atoms with E-state index >= 15 is 0 Å². The highest BCUT2D eigenvalue weighted by atomic mass is 79.9. The number of halogens is 2. The van der Waals surface area contributed by atoms with Crippen LogP contribution in [0.1, 0.15) is 11.1 Å². The van der Waals surface area contributed by atoms with Crippen molar-refractivity contribution in [1.82, 2.24) is 4.98 Å². The molecule has 0 aliphatic carbocycles. The molecule has 0 radical (unpaired) electrons. The van der Waals surface area contributed by atoms with Crippen LogP contribution in [0.2, 0.25) is 5.02 Å². The first-order valence-electron chi connectivity index (χ1n) is 5.59. The lowest BCUT2D eigenvalue weighted by Gasteiger charge is -2.10. The second kappa shape index (κ2) is 6.11. The molecule has 1 heterocycles. The zero-order chi connectivity index (χ0) is 14.7. The molecule has 0 saturated carbocycles. The van der Waals surface area contributed by atoms with Gasteiger partial charge in [0.15, 0.2) is 5.84 Å². The molecular weight excluding hydrogens is 346 g/mol. The molecule has 0 fully saturated rings. The van der Waals surface area contributed by atoms with Crippen LogP contribution in [0.25, 0.3) is 0 Å². The number of oxime groups is 1. The Balaban J connectivity index is 2.36. The van der Waals surface area contributed by atoms with Gasteiger partial charge in [0.2, 0.25) is 5.88 Å². The third-order valence-electron chi connectivity index (χ3n) is 2.58. The minimum Gasteiger partial charge on any atom is -0.438 e. The lowest BCUT2D eigenvalue weighted by Crippen LogP contribution is -2.14. The molecule has 0 saturated heterocycles. The molecule has 20 heavy (non-hydrogen) atoms. The van der Waals surface area contributed by atoms with E-state index in [9.17, 15) is 0 Å². The maximum absolute atomic E-state index is 8.70. The Hall–Kier alpha value is -1.79. The van der Waals surface area contributed by atoms with Crippen molar-refractivity contribution in [3.63, 3.8) is 0 Å². The van der Waals surface area contributed by atoms with Crippen molar-refractivity contribution in [2.45, 2.75) is 6.92 Å². The first-order chi connectivity index (χ1) is 9.52. The van der Waals surface area contributed by atoms with Gasteiger partial charge >= 0.3 is 0 Å². The summed E-state index contributed by atoms with van der Waals surface area (Å²) in [5, 5.41) is 11.8. The zero-order valence-electron chi connectivity index (χ0n) is 10.5. The minimum atomic E-state index is -0.103. The average Bonchev–Trinajstić information content (AvgIpc) is 2.44. The van der Waals surface area contributed by atoms with Crippen molar-refractivity contribution < 1.29 is 9.94 Å². The highest BCUT2D eigenvalue weighted by Gasteiger charge is 2.13. The zero-order valence-corrected chi connectivity index (χ0v) is 12.8. The fraction of sp³-hybridized carbons (Fsp3) is 0.0769. The summed E-state index contributed by atoms with van der Waals surface area (Å²) in [6.07, 6.45) is 1.47. The Morgan fingerprint density at radius 1 is 1.45 bits per heavy atom. The number of rotatable bonds is 3. The Morgan fingerprint density at radius 2 is 2.20 bits per heavy atom. The number of pyridine rings is 1. The van der Waals surface area contributed by atoms with Crippen molar-refractivity contribution in [2.24, 2.45) is 10.9 Å². The van der Waals surface area contributed by atoms with Gasteiger partial charge in [0.1, 0.15) is 10.8 Å². The standard InChI is InChI=1S/C13H11BrClN3O2/c1-7-6-8(2-3-10(7)14)20-13-11(15)9(4-5-17-13)12(16)18-19/h2-6,19H,1H3,(H2,16,18). The van der Waals surface area contributed by atoms with Crippen molar-refractivity contribution in [2.75, 3.05) is 0 Å². The lowest BCUT2D eigenvalue weighted by molar-refractivity contribution is 0.318. The molecule has 1 aromatic carbocycles. The number of ether oxygens (including phenoxy) is 1. The van der Waals surface area contributed by atoms with Gasteiger partial charge in [-0.1, -0.05) is 32.7 Å². The van der Waals surface area contributed by atoms with E-state index in [4.69, 9.17) is 27.3 Å². The molecule has 2 aromatic rings. The third kappa shape index (κ3) is 3.02. The Bertz CT molecular complexity index is 677. The van der Waals surface area contributed by atoms with Gasteiger partial charge in [0, 0.05) is 16.2 Å². The van der Waals surface area contributed by atoms with E-state index in [-0.39, 0.29) is 16.7 Å². The van der Waals surface area contributed by atoms with E-state index in [1.807, 2.05) is 19.1 Å². The maximum atomic E-state index is 8.70. The topological polar surface area (TPSA) is 80.7 Å². The van der Waals surface area contributed by atoms with E-state index in [0.717, 1.165) is 10.0 Å². The van der Waals surface area contributed by atoms with Crippen LogP contribution in [0.5, 0.6) is 11.6 Å².